The zero-order valence-corrected chi connectivity index (χ0v) is 9.40. The zero-order chi connectivity index (χ0) is 11.1. The number of nitrogens with zero attached hydrogens (tertiary/aromatic N) is 1. The second-order valence-corrected chi connectivity index (χ2v) is 3.35. The van der Waals surface area contributed by atoms with Crippen LogP contribution in [-0.4, -0.2) is 63.5 Å². The van der Waals surface area contributed by atoms with Crippen LogP contribution in [0.5, 0.6) is 0 Å². The lowest BCUT2D eigenvalue weighted by molar-refractivity contribution is -0.153. The molecule has 15 heavy (non-hydrogen) atoms. The minimum atomic E-state index is -0.274. The molecule has 0 spiro atoms. The molecule has 5 heteroatoms. The largest absolute Gasteiger partial charge is 0.468 e. The fourth-order valence-corrected chi connectivity index (χ4v) is 1.58. The van der Waals surface area contributed by atoms with Crippen LogP contribution in [0.3, 0.4) is 0 Å². The summed E-state index contributed by atoms with van der Waals surface area (Å²) in [6.45, 7) is 5.89. The van der Waals surface area contributed by atoms with E-state index < -0.39 is 0 Å². The van der Waals surface area contributed by atoms with Gasteiger partial charge in [0.1, 0.15) is 6.04 Å². The molecule has 5 nitrogen and oxygen atoms in total. The average Bonchev–Trinajstić information content (AvgIpc) is 2.29. The van der Waals surface area contributed by atoms with E-state index in [1.165, 1.54) is 7.11 Å². The van der Waals surface area contributed by atoms with Gasteiger partial charge in [0, 0.05) is 19.7 Å². The molecule has 1 atom stereocenters. The second-order valence-electron chi connectivity index (χ2n) is 3.35. The molecule has 1 rings (SSSR count). The first-order valence-corrected chi connectivity index (χ1v) is 5.27. The molecule has 0 N–H and O–H groups in total. The Hall–Kier alpha value is -0.650. The van der Waals surface area contributed by atoms with Crippen molar-refractivity contribution in [1.29, 1.82) is 0 Å². The summed E-state index contributed by atoms with van der Waals surface area (Å²) in [5, 5.41) is 0. The van der Waals surface area contributed by atoms with Crippen molar-refractivity contribution >= 4 is 5.97 Å². The van der Waals surface area contributed by atoms with Gasteiger partial charge in [-0.1, -0.05) is 0 Å². The SMILES string of the molecule is CCOCCN1CCOC[C@@H]1C(=O)OC. The predicted octanol–water partition coefficient (Wildman–Crippen LogP) is -0.103. The number of hydrogen-bond donors (Lipinski definition) is 0. The van der Waals surface area contributed by atoms with Crippen molar-refractivity contribution in [1.82, 2.24) is 4.90 Å². The highest BCUT2D eigenvalue weighted by molar-refractivity contribution is 5.75. The van der Waals surface area contributed by atoms with Crippen LogP contribution in [0.4, 0.5) is 0 Å². The molecule has 0 aromatic carbocycles. The number of carbonyl (C=O) groups is 1. The standard InChI is InChI=1S/C10H19NO4/c1-3-14-6-4-11-5-7-15-8-9(11)10(12)13-2/h9H,3-8H2,1-2H3/t9-/m1/s1. The summed E-state index contributed by atoms with van der Waals surface area (Å²) in [5.74, 6) is -0.230. The lowest BCUT2D eigenvalue weighted by Gasteiger charge is -2.33. The lowest BCUT2D eigenvalue weighted by Crippen LogP contribution is -2.51. The van der Waals surface area contributed by atoms with Gasteiger partial charge < -0.3 is 14.2 Å². The fourth-order valence-electron chi connectivity index (χ4n) is 1.58. The Labute approximate surface area is 90.3 Å². The number of ether oxygens (including phenoxy) is 3. The Morgan fingerprint density at radius 1 is 1.60 bits per heavy atom. The van der Waals surface area contributed by atoms with Crippen molar-refractivity contribution in [2.75, 3.05) is 46.6 Å². The van der Waals surface area contributed by atoms with Gasteiger partial charge in [-0.2, -0.15) is 0 Å². The van der Waals surface area contributed by atoms with Crippen LogP contribution in [-0.2, 0) is 19.0 Å². The van der Waals surface area contributed by atoms with Gasteiger partial charge in [-0.3, -0.25) is 9.69 Å². The van der Waals surface area contributed by atoms with E-state index in [4.69, 9.17) is 14.2 Å². The quantitative estimate of drug-likeness (QED) is 0.475. The third-order valence-electron chi connectivity index (χ3n) is 2.44. The van der Waals surface area contributed by atoms with Crippen molar-refractivity contribution in [2.45, 2.75) is 13.0 Å². The summed E-state index contributed by atoms with van der Waals surface area (Å²) in [6, 6.07) is -0.274. The van der Waals surface area contributed by atoms with E-state index in [2.05, 4.69) is 0 Å². The third-order valence-corrected chi connectivity index (χ3v) is 2.44. The first-order chi connectivity index (χ1) is 7.29. The van der Waals surface area contributed by atoms with Crippen LogP contribution in [0.15, 0.2) is 0 Å². The molecule has 1 heterocycles. The highest BCUT2D eigenvalue weighted by Gasteiger charge is 2.29. The highest BCUT2D eigenvalue weighted by atomic mass is 16.5. The normalized spacial score (nSPS) is 22.7. The first kappa shape index (κ1) is 12.4. The van der Waals surface area contributed by atoms with Crippen LogP contribution in [0, 0.1) is 0 Å². The van der Waals surface area contributed by atoms with Crippen molar-refractivity contribution < 1.29 is 19.0 Å². The van der Waals surface area contributed by atoms with Crippen LogP contribution in [0.2, 0.25) is 0 Å². The summed E-state index contributed by atoms with van der Waals surface area (Å²) in [4.78, 5) is 13.5. The molecule has 0 aliphatic carbocycles. The van der Waals surface area contributed by atoms with Crippen LogP contribution in [0.1, 0.15) is 6.92 Å². The summed E-state index contributed by atoms with van der Waals surface area (Å²) < 4.78 is 15.2. The molecule has 0 bridgehead atoms. The number of rotatable bonds is 5. The van der Waals surface area contributed by atoms with Gasteiger partial charge in [0.25, 0.3) is 0 Å². The Kier molecular flexibility index (Phi) is 5.60. The number of methoxy groups -OCH3 is 1. The molecule has 1 aliphatic rings. The van der Waals surface area contributed by atoms with Gasteiger partial charge in [-0.05, 0) is 6.92 Å². The maximum atomic E-state index is 11.4. The molecule has 1 aliphatic heterocycles. The zero-order valence-electron chi connectivity index (χ0n) is 9.40. The van der Waals surface area contributed by atoms with Crippen molar-refractivity contribution in [3.8, 4) is 0 Å². The maximum absolute atomic E-state index is 11.4. The van der Waals surface area contributed by atoms with E-state index in [0.717, 1.165) is 13.1 Å². The Morgan fingerprint density at radius 3 is 3.07 bits per heavy atom. The Morgan fingerprint density at radius 2 is 2.40 bits per heavy atom. The fraction of sp³-hybridized carbons (Fsp3) is 0.900. The molecule has 1 saturated heterocycles. The predicted molar refractivity (Wildman–Crippen MR) is 54.7 cm³/mol. The summed E-state index contributed by atoms with van der Waals surface area (Å²) in [7, 11) is 1.40. The van der Waals surface area contributed by atoms with Gasteiger partial charge >= 0.3 is 5.97 Å². The smallest absolute Gasteiger partial charge is 0.325 e. The lowest BCUT2D eigenvalue weighted by atomic mass is 10.2. The van der Waals surface area contributed by atoms with Crippen molar-refractivity contribution in [2.24, 2.45) is 0 Å². The molecule has 1 fully saturated rings. The minimum Gasteiger partial charge on any atom is -0.468 e. The van der Waals surface area contributed by atoms with E-state index in [-0.39, 0.29) is 12.0 Å². The molecule has 0 radical (unpaired) electrons. The van der Waals surface area contributed by atoms with Crippen LogP contribution < -0.4 is 0 Å². The van der Waals surface area contributed by atoms with E-state index in [9.17, 15) is 4.79 Å². The van der Waals surface area contributed by atoms with Crippen LogP contribution in [0.25, 0.3) is 0 Å². The third kappa shape index (κ3) is 3.77. The van der Waals surface area contributed by atoms with Gasteiger partial charge in [0.15, 0.2) is 0 Å². The Balaban J connectivity index is 2.39. The monoisotopic (exact) mass is 217 g/mol. The van der Waals surface area contributed by atoms with Gasteiger partial charge in [-0.15, -0.1) is 0 Å². The number of esters is 1. The molecule has 0 aromatic rings. The van der Waals surface area contributed by atoms with Crippen LogP contribution >= 0.6 is 0 Å². The molecular weight excluding hydrogens is 198 g/mol. The molecule has 88 valence electrons. The first-order valence-electron chi connectivity index (χ1n) is 5.27. The summed E-state index contributed by atoms with van der Waals surface area (Å²) in [5.41, 5.74) is 0. The van der Waals surface area contributed by atoms with E-state index >= 15 is 0 Å². The number of morpholine rings is 1. The van der Waals surface area contributed by atoms with E-state index in [0.29, 0.717) is 26.4 Å². The summed E-state index contributed by atoms with van der Waals surface area (Å²) >= 11 is 0. The van der Waals surface area contributed by atoms with Gasteiger partial charge in [0.2, 0.25) is 0 Å². The highest BCUT2D eigenvalue weighted by Crippen LogP contribution is 2.07. The average molecular weight is 217 g/mol. The van der Waals surface area contributed by atoms with E-state index in [1.807, 2.05) is 11.8 Å². The molecular formula is C10H19NO4. The minimum absolute atomic E-state index is 0.230. The molecule has 0 aromatic heterocycles. The Bertz CT molecular complexity index is 198. The van der Waals surface area contributed by atoms with Crippen molar-refractivity contribution in [3.05, 3.63) is 0 Å². The number of carbonyl (C=O) groups excluding carboxylic acids is 1. The van der Waals surface area contributed by atoms with Gasteiger partial charge in [0.05, 0.1) is 26.9 Å². The molecule has 0 amide bonds. The summed E-state index contributed by atoms with van der Waals surface area (Å²) in [6.07, 6.45) is 0. The van der Waals surface area contributed by atoms with Gasteiger partial charge in [-0.25, -0.2) is 0 Å². The van der Waals surface area contributed by atoms with E-state index in [1.54, 1.807) is 0 Å². The topological polar surface area (TPSA) is 48.0 Å². The maximum Gasteiger partial charge on any atom is 0.325 e. The molecule has 0 unspecified atom stereocenters. The van der Waals surface area contributed by atoms with Crippen molar-refractivity contribution in [3.63, 3.8) is 0 Å². The molecule has 0 saturated carbocycles. The number of hydrogen-bond acceptors (Lipinski definition) is 5. The second kappa shape index (κ2) is 6.76.